The molecule has 5 nitrogen and oxygen atoms in total. The number of fused-ring (bicyclic) bond motifs is 1. The third-order valence-electron chi connectivity index (χ3n) is 4.29. The molecule has 3 heterocycles. The predicted octanol–water partition coefficient (Wildman–Crippen LogP) is 4.72. The van der Waals surface area contributed by atoms with Gasteiger partial charge in [0.15, 0.2) is 0 Å². The number of H-pyrrole nitrogens is 1. The van der Waals surface area contributed by atoms with Crippen molar-refractivity contribution in [3.05, 3.63) is 66.6 Å². The van der Waals surface area contributed by atoms with Gasteiger partial charge in [-0.2, -0.15) is 0 Å². The number of aryl methyl sites for hydroxylation is 1. The Labute approximate surface area is 146 Å². The van der Waals surface area contributed by atoms with Crippen molar-refractivity contribution >= 4 is 28.2 Å². The molecule has 25 heavy (non-hydrogen) atoms. The van der Waals surface area contributed by atoms with Crippen LogP contribution in [0, 0.1) is 6.92 Å². The van der Waals surface area contributed by atoms with Crippen LogP contribution in [0.5, 0.6) is 0 Å². The number of pyridine rings is 2. The number of benzene rings is 1. The van der Waals surface area contributed by atoms with Crippen molar-refractivity contribution in [2.75, 3.05) is 17.7 Å². The molecule has 0 aliphatic rings. The number of aromatic nitrogens is 3. The minimum atomic E-state index is 0.796. The Balaban J connectivity index is 1.81. The fourth-order valence-electron chi connectivity index (χ4n) is 2.91. The molecular weight excluding hydrogens is 310 g/mol. The van der Waals surface area contributed by atoms with Crippen LogP contribution in [0.2, 0.25) is 0 Å². The van der Waals surface area contributed by atoms with E-state index in [4.69, 9.17) is 4.98 Å². The molecule has 0 fully saturated rings. The van der Waals surface area contributed by atoms with Crippen molar-refractivity contribution in [1.82, 2.24) is 15.0 Å². The number of anilines is 3. The van der Waals surface area contributed by atoms with Gasteiger partial charge in [0.1, 0.15) is 11.5 Å². The zero-order valence-corrected chi connectivity index (χ0v) is 14.2. The molecule has 1 aromatic carbocycles. The van der Waals surface area contributed by atoms with Crippen LogP contribution >= 0.6 is 0 Å². The number of nitrogens with one attached hydrogen (secondary N) is 3. The lowest BCUT2D eigenvalue weighted by molar-refractivity contribution is 1.29. The third-order valence-corrected chi connectivity index (χ3v) is 4.29. The molecule has 0 spiro atoms. The summed E-state index contributed by atoms with van der Waals surface area (Å²) < 4.78 is 0. The average molecular weight is 329 g/mol. The lowest BCUT2D eigenvalue weighted by atomic mass is 10.1. The van der Waals surface area contributed by atoms with Crippen molar-refractivity contribution in [1.29, 1.82) is 0 Å². The van der Waals surface area contributed by atoms with E-state index < -0.39 is 0 Å². The number of rotatable bonds is 4. The van der Waals surface area contributed by atoms with Crippen molar-refractivity contribution in [2.24, 2.45) is 0 Å². The lowest BCUT2D eigenvalue weighted by Crippen LogP contribution is -1.98. The Morgan fingerprint density at radius 1 is 1.08 bits per heavy atom. The van der Waals surface area contributed by atoms with E-state index in [9.17, 15) is 0 Å². The standard InChI is InChI=1S/C20H19N5/c1-13-5-6-15(21-2)10-18(13)24-19-11-17(14-4-3-8-22-12-14)16-7-9-23-20(16)25-19/h3-12,21H,1-2H3,(H2,23,24,25). The van der Waals surface area contributed by atoms with Crippen molar-refractivity contribution in [3.63, 3.8) is 0 Å². The zero-order valence-electron chi connectivity index (χ0n) is 14.2. The molecule has 0 aliphatic carbocycles. The molecule has 5 heteroatoms. The highest BCUT2D eigenvalue weighted by molar-refractivity contribution is 5.95. The van der Waals surface area contributed by atoms with Crippen molar-refractivity contribution < 1.29 is 0 Å². The quantitative estimate of drug-likeness (QED) is 0.507. The maximum atomic E-state index is 4.71. The van der Waals surface area contributed by atoms with Crippen LogP contribution in [0.25, 0.3) is 22.2 Å². The summed E-state index contributed by atoms with van der Waals surface area (Å²) in [5.41, 5.74) is 6.27. The molecule has 0 atom stereocenters. The average Bonchev–Trinajstić information content (AvgIpc) is 3.12. The molecule has 3 N–H and O–H groups in total. The summed E-state index contributed by atoms with van der Waals surface area (Å²) in [7, 11) is 1.91. The highest BCUT2D eigenvalue weighted by Gasteiger charge is 2.10. The first-order valence-electron chi connectivity index (χ1n) is 8.18. The fraction of sp³-hybridized carbons (Fsp3) is 0.100. The van der Waals surface area contributed by atoms with E-state index in [0.717, 1.165) is 44.9 Å². The first-order chi connectivity index (χ1) is 12.2. The summed E-state index contributed by atoms with van der Waals surface area (Å²) in [6.45, 7) is 2.08. The van der Waals surface area contributed by atoms with Gasteiger partial charge in [-0.05, 0) is 48.4 Å². The van der Waals surface area contributed by atoms with Gasteiger partial charge in [0.05, 0.1) is 0 Å². The topological polar surface area (TPSA) is 65.6 Å². The molecule has 0 amide bonds. The zero-order chi connectivity index (χ0) is 17.2. The van der Waals surface area contributed by atoms with Crippen LogP contribution in [0.15, 0.2) is 61.1 Å². The lowest BCUT2D eigenvalue weighted by Gasteiger charge is -2.13. The normalized spacial score (nSPS) is 10.8. The molecule has 0 bridgehead atoms. The van der Waals surface area contributed by atoms with Gasteiger partial charge in [0.2, 0.25) is 0 Å². The van der Waals surface area contributed by atoms with Crippen LogP contribution in [0.3, 0.4) is 0 Å². The molecule has 0 saturated heterocycles. The molecule has 4 aromatic rings. The summed E-state index contributed by atoms with van der Waals surface area (Å²) >= 11 is 0. The van der Waals surface area contributed by atoms with Crippen LogP contribution in [-0.2, 0) is 0 Å². The largest absolute Gasteiger partial charge is 0.388 e. The third kappa shape index (κ3) is 2.92. The number of hydrogen-bond acceptors (Lipinski definition) is 4. The number of aromatic amines is 1. The smallest absolute Gasteiger partial charge is 0.140 e. The molecule has 124 valence electrons. The second-order valence-electron chi connectivity index (χ2n) is 5.94. The van der Waals surface area contributed by atoms with Gasteiger partial charge >= 0.3 is 0 Å². The van der Waals surface area contributed by atoms with Gasteiger partial charge in [-0.25, -0.2) is 4.98 Å². The first kappa shape index (κ1) is 15.2. The van der Waals surface area contributed by atoms with Crippen LogP contribution in [0.1, 0.15) is 5.56 Å². The summed E-state index contributed by atoms with van der Waals surface area (Å²) in [6.07, 6.45) is 5.57. The van der Waals surface area contributed by atoms with Gasteiger partial charge < -0.3 is 15.6 Å². The Morgan fingerprint density at radius 2 is 2.00 bits per heavy atom. The van der Waals surface area contributed by atoms with Crippen LogP contribution in [-0.4, -0.2) is 22.0 Å². The number of hydrogen-bond donors (Lipinski definition) is 3. The van der Waals surface area contributed by atoms with E-state index in [-0.39, 0.29) is 0 Å². The molecule has 0 unspecified atom stereocenters. The maximum Gasteiger partial charge on any atom is 0.140 e. The van der Waals surface area contributed by atoms with Gasteiger partial charge in [0, 0.05) is 48.0 Å². The molecule has 3 aromatic heterocycles. The van der Waals surface area contributed by atoms with E-state index in [0.29, 0.717) is 0 Å². The fourth-order valence-corrected chi connectivity index (χ4v) is 2.91. The Bertz CT molecular complexity index is 1020. The summed E-state index contributed by atoms with van der Waals surface area (Å²) in [5, 5.41) is 7.70. The summed E-state index contributed by atoms with van der Waals surface area (Å²) in [5.74, 6) is 0.796. The van der Waals surface area contributed by atoms with E-state index in [1.807, 2.05) is 31.6 Å². The number of nitrogens with zero attached hydrogens (tertiary/aromatic N) is 2. The second-order valence-corrected chi connectivity index (χ2v) is 5.94. The minimum Gasteiger partial charge on any atom is -0.388 e. The van der Waals surface area contributed by atoms with E-state index in [2.05, 4.69) is 57.9 Å². The minimum absolute atomic E-state index is 0.796. The molecule has 0 aliphatic heterocycles. The van der Waals surface area contributed by atoms with Crippen LogP contribution < -0.4 is 10.6 Å². The first-order valence-corrected chi connectivity index (χ1v) is 8.18. The Hall–Kier alpha value is -3.34. The summed E-state index contributed by atoms with van der Waals surface area (Å²) in [4.78, 5) is 12.2. The molecule has 0 saturated carbocycles. The Morgan fingerprint density at radius 3 is 2.80 bits per heavy atom. The Kier molecular flexibility index (Phi) is 3.82. The van der Waals surface area contributed by atoms with Crippen LogP contribution in [0.4, 0.5) is 17.2 Å². The van der Waals surface area contributed by atoms with Gasteiger partial charge in [-0.15, -0.1) is 0 Å². The van der Waals surface area contributed by atoms with E-state index in [1.54, 1.807) is 6.20 Å². The van der Waals surface area contributed by atoms with E-state index in [1.165, 1.54) is 0 Å². The molecule has 4 rings (SSSR count). The summed E-state index contributed by atoms with van der Waals surface area (Å²) in [6, 6.07) is 14.3. The maximum absolute atomic E-state index is 4.71. The van der Waals surface area contributed by atoms with Crippen molar-refractivity contribution in [2.45, 2.75) is 6.92 Å². The predicted molar refractivity (Wildman–Crippen MR) is 103 cm³/mol. The van der Waals surface area contributed by atoms with Crippen molar-refractivity contribution in [3.8, 4) is 11.1 Å². The highest BCUT2D eigenvalue weighted by atomic mass is 15.0. The highest BCUT2D eigenvalue weighted by Crippen LogP contribution is 2.31. The molecule has 0 radical (unpaired) electrons. The molecular formula is C20H19N5. The van der Waals surface area contributed by atoms with Gasteiger partial charge in [0.25, 0.3) is 0 Å². The van der Waals surface area contributed by atoms with Gasteiger partial charge in [-0.1, -0.05) is 12.1 Å². The monoisotopic (exact) mass is 329 g/mol. The second kappa shape index (κ2) is 6.28. The van der Waals surface area contributed by atoms with E-state index >= 15 is 0 Å². The SMILES string of the molecule is CNc1ccc(C)c(Nc2cc(-c3cccnc3)c3cc[nH]c3n2)c1. The van der Waals surface area contributed by atoms with Gasteiger partial charge in [-0.3, -0.25) is 4.98 Å².